The van der Waals surface area contributed by atoms with E-state index < -0.39 is 29.5 Å². The Balaban J connectivity index is 1.82. The molecule has 168 valence electrons. The number of hydrogen-bond donors (Lipinski definition) is 1. The molecule has 0 spiro atoms. The third-order valence-corrected chi connectivity index (χ3v) is 4.48. The van der Waals surface area contributed by atoms with Crippen LogP contribution >= 0.6 is 0 Å². The molecule has 1 aromatic heterocycles. The van der Waals surface area contributed by atoms with Crippen LogP contribution < -0.4 is 15.5 Å². The fourth-order valence-corrected chi connectivity index (χ4v) is 3.05. The first-order valence-corrected chi connectivity index (χ1v) is 9.99. The number of carbonyl (C=O) groups is 2. The molecule has 0 aliphatic heterocycles. The van der Waals surface area contributed by atoms with Gasteiger partial charge in [-0.2, -0.15) is 0 Å². The molecule has 0 aliphatic carbocycles. The highest BCUT2D eigenvalue weighted by Gasteiger charge is 2.23. The van der Waals surface area contributed by atoms with E-state index in [1.54, 1.807) is 27.7 Å². The summed E-state index contributed by atoms with van der Waals surface area (Å²) in [6, 6.07) is 8.97. The second-order valence-corrected chi connectivity index (χ2v) is 8.32. The summed E-state index contributed by atoms with van der Waals surface area (Å²) in [5.74, 6) is -0.620. The fraction of sp³-hybridized carbons (Fsp3) is 0.292. The largest absolute Gasteiger partial charge is 0.460 e. The molecule has 0 aliphatic rings. The van der Waals surface area contributed by atoms with Crippen molar-refractivity contribution in [1.82, 2.24) is 5.32 Å². The molecule has 0 unspecified atom stereocenters. The van der Waals surface area contributed by atoms with E-state index in [-0.39, 0.29) is 22.1 Å². The van der Waals surface area contributed by atoms with Crippen LogP contribution in [0.5, 0.6) is 5.75 Å². The van der Waals surface area contributed by atoms with Gasteiger partial charge >= 0.3 is 12.1 Å². The summed E-state index contributed by atoms with van der Waals surface area (Å²) in [4.78, 5) is 37.2. The van der Waals surface area contributed by atoms with Gasteiger partial charge < -0.3 is 19.2 Å². The monoisotopic (exact) mass is 441 g/mol. The Hall–Kier alpha value is -3.68. The topological polar surface area (TPSA) is 94.8 Å². The van der Waals surface area contributed by atoms with Crippen LogP contribution in [0.15, 0.2) is 51.7 Å². The number of nitrogens with one attached hydrogen (secondary N) is 1. The number of hydrogen-bond acceptors (Lipinski definition) is 6. The minimum absolute atomic E-state index is 0.150. The molecule has 3 rings (SSSR count). The molecule has 1 N–H and O–H groups in total. The number of ether oxygens (including phenoxy) is 2. The average molecular weight is 441 g/mol. The van der Waals surface area contributed by atoms with Gasteiger partial charge in [-0.05, 0) is 64.4 Å². The van der Waals surface area contributed by atoms with E-state index in [0.717, 1.165) is 0 Å². The van der Waals surface area contributed by atoms with Gasteiger partial charge in [0.15, 0.2) is 0 Å². The maximum absolute atomic E-state index is 13.2. The zero-order valence-corrected chi connectivity index (χ0v) is 18.4. The van der Waals surface area contributed by atoms with Crippen LogP contribution in [0, 0.1) is 12.7 Å². The van der Waals surface area contributed by atoms with E-state index >= 15 is 0 Å². The van der Waals surface area contributed by atoms with Crippen LogP contribution in [0.3, 0.4) is 0 Å². The molecular weight excluding hydrogens is 417 g/mol. The van der Waals surface area contributed by atoms with Crippen molar-refractivity contribution >= 4 is 23.0 Å². The number of aryl methyl sites for hydroxylation is 1. The van der Waals surface area contributed by atoms with Crippen molar-refractivity contribution in [3.63, 3.8) is 0 Å². The number of amides is 1. The van der Waals surface area contributed by atoms with Crippen LogP contribution in [0.25, 0.3) is 22.1 Å². The maximum Gasteiger partial charge on any atom is 0.408 e. The van der Waals surface area contributed by atoms with Crippen molar-refractivity contribution in [3.8, 4) is 16.9 Å². The van der Waals surface area contributed by atoms with Gasteiger partial charge in [-0.25, -0.2) is 14.0 Å². The Bertz CT molecular complexity index is 1220. The molecule has 2 aromatic carbocycles. The van der Waals surface area contributed by atoms with E-state index in [0.29, 0.717) is 16.9 Å². The summed E-state index contributed by atoms with van der Waals surface area (Å²) >= 11 is 0. The molecule has 1 amide bonds. The number of carbonyl (C=O) groups excluding carboxylic acids is 2. The zero-order chi connectivity index (χ0) is 23.6. The van der Waals surface area contributed by atoms with E-state index in [1.807, 2.05) is 0 Å². The molecule has 0 fully saturated rings. The van der Waals surface area contributed by atoms with E-state index in [2.05, 4.69) is 5.32 Å². The van der Waals surface area contributed by atoms with Crippen molar-refractivity contribution in [2.24, 2.45) is 0 Å². The lowest BCUT2D eigenvalue weighted by atomic mass is 10.0. The first kappa shape index (κ1) is 23.0. The Labute approximate surface area is 184 Å². The summed E-state index contributed by atoms with van der Waals surface area (Å²) < 4.78 is 29.4. The van der Waals surface area contributed by atoms with Crippen molar-refractivity contribution in [2.75, 3.05) is 0 Å². The zero-order valence-electron chi connectivity index (χ0n) is 18.4. The predicted octanol–water partition coefficient (Wildman–Crippen LogP) is 4.73. The molecule has 3 aromatic rings. The highest BCUT2D eigenvalue weighted by Crippen LogP contribution is 2.26. The SMILES string of the molecule is Cc1oc2cc(OC(=O)[C@@H](C)NC(=O)OC(C)(C)C)ccc2c(=O)c1-c1ccc(F)cc1. The predicted molar refractivity (Wildman–Crippen MR) is 117 cm³/mol. The highest BCUT2D eigenvalue weighted by atomic mass is 19.1. The molecule has 1 atom stereocenters. The first-order valence-electron chi connectivity index (χ1n) is 9.99. The average Bonchev–Trinajstić information content (AvgIpc) is 2.67. The fourth-order valence-electron chi connectivity index (χ4n) is 3.05. The lowest BCUT2D eigenvalue weighted by molar-refractivity contribution is -0.136. The van der Waals surface area contributed by atoms with Gasteiger partial charge in [0.05, 0.1) is 10.9 Å². The minimum atomic E-state index is -0.963. The van der Waals surface area contributed by atoms with E-state index in [4.69, 9.17) is 13.9 Å². The van der Waals surface area contributed by atoms with Gasteiger partial charge in [0.2, 0.25) is 5.43 Å². The standard InChI is InChI=1S/C24H24FNO6/c1-13(26-23(29)32-24(3,4)5)22(28)31-17-10-11-18-19(12-17)30-14(2)20(21(18)27)15-6-8-16(25)9-7-15/h6-13H,1-5H3,(H,26,29)/t13-/m1/s1. The van der Waals surface area contributed by atoms with E-state index in [9.17, 15) is 18.8 Å². The quantitative estimate of drug-likeness (QED) is 0.465. The normalized spacial score (nSPS) is 12.3. The second kappa shape index (κ2) is 8.82. The Morgan fingerprint density at radius 2 is 1.75 bits per heavy atom. The van der Waals surface area contributed by atoms with Crippen LogP contribution in [-0.2, 0) is 9.53 Å². The Kier molecular flexibility index (Phi) is 6.34. The molecule has 8 heteroatoms. The van der Waals surface area contributed by atoms with Crippen molar-refractivity contribution in [3.05, 3.63) is 64.3 Å². The number of esters is 1. The van der Waals surface area contributed by atoms with Gasteiger partial charge in [-0.3, -0.25) is 4.79 Å². The Morgan fingerprint density at radius 1 is 1.09 bits per heavy atom. The third kappa shape index (κ3) is 5.32. The van der Waals surface area contributed by atoms with Crippen LogP contribution in [0.2, 0.25) is 0 Å². The smallest absolute Gasteiger partial charge is 0.408 e. The summed E-state index contributed by atoms with van der Waals surface area (Å²) in [5.41, 5.74) is 0.118. The summed E-state index contributed by atoms with van der Waals surface area (Å²) in [5, 5.41) is 2.69. The number of rotatable bonds is 4. The van der Waals surface area contributed by atoms with E-state index in [1.165, 1.54) is 49.4 Å². The molecular formula is C24H24FNO6. The third-order valence-electron chi connectivity index (χ3n) is 4.48. The van der Waals surface area contributed by atoms with Crippen LogP contribution in [0.4, 0.5) is 9.18 Å². The van der Waals surface area contributed by atoms with Crippen molar-refractivity contribution in [1.29, 1.82) is 0 Å². The van der Waals surface area contributed by atoms with Gasteiger partial charge in [0.1, 0.15) is 34.6 Å². The number of alkyl carbamates (subject to hydrolysis) is 1. The molecule has 7 nitrogen and oxygen atoms in total. The summed E-state index contributed by atoms with van der Waals surface area (Å²) in [6.45, 7) is 8.23. The number of fused-ring (bicyclic) bond motifs is 1. The molecule has 0 saturated carbocycles. The van der Waals surface area contributed by atoms with Gasteiger partial charge in [0.25, 0.3) is 0 Å². The van der Waals surface area contributed by atoms with Gasteiger partial charge in [-0.1, -0.05) is 12.1 Å². The van der Waals surface area contributed by atoms with Gasteiger partial charge in [-0.15, -0.1) is 0 Å². The number of benzene rings is 2. The van der Waals surface area contributed by atoms with Crippen molar-refractivity contribution < 1.29 is 27.9 Å². The molecule has 0 bridgehead atoms. The molecule has 32 heavy (non-hydrogen) atoms. The minimum Gasteiger partial charge on any atom is -0.460 e. The molecule has 0 saturated heterocycles. The number of halogens is 1. The molecule has 0 radical (unpaired) electrons. The summed E-state index contributed by atoms with van der Waals surface area (Å²) in [6.07, 6.45) is -0.740. The first-order chi connectivity index (χ1) is 14.9. The van der Waals surface area contributed by atoms with Crippen LogP contribution in [0.1, 0.15) is 33.5 Å². The highest BCUT2D eigenvalue weighted by molar-refractivity contribution is 5.86. The summed E-state index contributed by atoms with van der Waals surface area (Å²) in [7, 11) is 0. The lowest BCUT2D eigenvalue weighted by Crippen LogP contribution is -2.43. The second-order valence-electron chi connectivity index (χ2n) is 8.32. The van der Waals surface area contributed by atoms with Crippen LogP contribution in [-0.4, -0.2) is 23.7 Å². The Morgan fingerprint density at radius 3 is 2.38 bits per heavy atom. The molecule has 1 heterocycles. The lowest BCUT2D eigenvalue weighted by Gasteiger charge is -2.21. The maximum atomic E-state index is 13.2. The van der Waals surface area contributed by atoms with Crippen molar-refractivity contribution in [2.45, 2.75) is 46.3 Å². The van der Waals surface area contributed by atoms with Gasteiger partial charge in [0, 0.05) is 6.07 Å².